The van der Waals surface area contributed by atoms with E-state index in [0.29, 0.717) is 37.9 Å². The van der Waals surface area contributed by atoms with Gasteiger partial charge in [0, 0.05) is 32.3 Å². The molecule has 0 aliphatic heterocycles. The van der Waals surface area contributed by atoms with Crippen molar-refractivity contribution < 1.29 is 9.59 Å². The van der Waals surface area contributed by atoms with Crippen LogP contribution in [0.25, 0.3) is 0 Å². The van der Waals surface area contributed by atoms with Crippen LogP contribution in [0.5, 0.6) is 0 Å². The van der Waals surface area contributed by atoms with Gasteiger partial charge in [-0.2, -0.15) is 0 Å². The van der Waals surface area contributed by atoms with Crippen LogP contribution in [0.3, 0.4) is 0 Å². The van der Waals surface area contributed by atoms with E-state index in [9.17, 15) is 9.59 Å². The molecule has 0 aromatic heterocycles. The predicted molar refractivity (Wildman–Crippen MR) is 121 cm³/mol. The van der Waals surface area contributed by atoms with Crippen molar-refractivity contribution in [2.24, 2.45) is 35.0 Å². The van der Waals surface area contributed by atoms with E-state index >= 15 is 0 Å². The molecule has 0 saturated heterocycles. The van der Waals surface area contributed by atoms with Gasteiger partial charge in [-0.25, -0.2) is 11.7 Å². The SMILES string of the molecule is N/C(=C\N(N)CCCCN(N)/C=C(\N)NC(=O)CC1CCCCC1)C(=O)NCC1CC1. The Balaban J connectivity index is 1.58. The molecule has 2 aliphatic carbocycles. The number of nitrogens with zero attached hydrogens (tertiary/aromatic N) is 2. The van der Waals surface area contributed by atoms with Crippen molar-refractivity contribution >= 4 is 11.8 Å². The van der Waals surface area contributed by atoms with Gasteiger partial charge in [-0.1, -0.05) is 19.3 Å². The lowest BCUT2D eigenvalue weighted by molar-refractivity contribution is -0.121. The average molecular weight is 437 g/mol. The molecule has 0 atom stereocenters. The molecule has 0 aromatic rings. The molecule has 2 aliphatic rings. The highest BCUT2D eigenvalue weighted by molar-refractivity contribution is 5.92. The second kappa shape index (κ2) is 13.1. The van der Waals surface area contributed by atoms with Crippen LogP contribution in [0.2, 0.25) is 0 Å². The molecule has 0 spiro atoms. The highest BCUT2D eigenvalue weighted by Gasteiger charge is 2.22. The van der Waals surface area contributed by atoms with Crippen LogP contribution >= 0.6 is 0 Å². The quantitative estimate of drug-likeness (QED) is 0.104. The van der Waals surface area contributed by atoms with E-state index in [4.69, 9.17) is 23.2 Å². The predicted octanol–water partition coefficient (Wildman–Crippen LogP) is 0.289. The number of nitrogens with two attached hydrogens (primary N) is 4. The summed E-state index contributed by atoms with van der Waals surface area (Å²) in [4.78, 5) is 24.0. The number of nitrogens with one attached hydrogen (secondary N) is 2. The topological polar surface area (TPSA) is 169 Å². The molecule has 0 heterocycles. The first-order valence-electron chi connectivity index (χ1n) is 11.4. The first-order chi connectivity index (χ1) is 14.8. The monoisotopic (exact) mass is 436 g/mol. The summed E-state index contributed by atoms with van der Waals surface area (Å²) in [7, 11) is 0. The van der Waals surface area contributed by atoms with Crippen LogP contribution in [0, 0.1) is 11.8 Å². The maximum atomic E-state index is 12.1. The molecule has 10 heteroatoms. The zero-order valence-corrected chi connectivity index (χ0v) is 18.5. The van der Waals surface area contributed by atoms with Crippen LogP contribution in [-0.2, 0) is 9.59 Å². The van der Waals surface area contributed by atoms with Gasteiger partial charge in [-0.05, 0) is 50.4 Å². The van der Waals surface area contributed by atoms with E-state index in [2.05, 4.69) is 10.6 Å². The van der Waals surface area contributed by atoms with E-state index in [1.54, 1.807) is 0 Å². The maximum Gasteiger partial charge on any atom is 0.268 e. The minimum atomic E-state index is -0.290. The second-order valence-electron chi connectivity index (χ2n) is 8.76. The van der Waals surface area contributed by atoms with Gasteiger partial charge in [0.15, 0.2) is 0 Å². The summed E-state index contributed by atoms with van der Waals surface area (Å²) in [5.74, 6) is 12.8. The van der Waals surface area contributed by atoms with Crippen LogP contribution < -0.4 is 33.8 Å². The number of rotatable bonds is 13. The summed E-state index contributed by atoms with van der Waals surface area (Å²) in [6.07, 6.45) is 13.2. The Bertz CT molecular complexity index is 641. The van der Waals surface area contributed by atoms with Gasteiger partial charge in [0.1, 0.15) is 11.5 Å². The van der Waals surface area contributed by atoms with Gasteiger partial charge in [-0.15, -0.1) is 0 Å². The molecule has 10 N–H and O–H groups in total. The number of hydrazine groups is 2. The molecule has 31 heavy (non-hydrogen) atoms. The molecular weight excluding hydrogens is 396 g/mol. The Hall–Kier alpha value is -2.46. The normalized spacial score (nSPS) is 17.9. The molecule has 2 fully saturated rings. The minimum absolute atomic E-state index is 0.0571. The fourth-order valence-corrected chi connectivity index (χ4v) is 3.69. The molecule has 10 nitrogen and oxygen atoms in total. The average Bonchev–Trinajstić information content (AvgIpc) is 3.54. The Morgan fingerprint density at radius 2 is 1.48 bits per heavy atom. The number of carbonyl (C=O) groups excluding carboxylic acids is 2. The third-order valence-electron chi connectivity index (χ3n) is 5.69. The largest absolute Gasteiger partial charge is 0.393 e. The summed E-state index contributed by atoms with van der Waals surface area (Å²) < 4.78 is 0. The third kappa shape index (κ3) is 10.9. The lowest BCUT2D eigenvalue weighted by Crippen LogP contribution is -2.35. The summed E-state index contributed by atoms with van der Waals surface area (Å²) >= 11 is 0. The number of amides is 2. The van der Waals surface area contributed by atoms with Gasteiger partial charge in [0.25, 0.3) is 5.91 Å². The van der Waals surface area contributed by atoms with Crippen molar-refractivity contribution in [3.8, 4) is 0 Å². The first kappa shape index (κ1) is 24.8. The summed E-state index contributed by atoms with van der Waals surface area (Å²) in [6, 6.07) is 0. The van der Waals surface area contributed by atoms with E-state index in [1.807, 2.05) is 0 Å². The highest BCUT2D eigenvalue weighted by Crippen LogP contribution is 2.27. The van der Waals surface area contributed by atoms with Gasteiger partial charge >= 0.3 is 0 Å². The molecule has 2 amide bonds. The highest BCUT2D eigenvalue weighted by atomic mass is 16.2. The molecular formula is C21H40N8O2. The number of carbonyl (C=O) groups is 2. The van der Waals surface area contributed by atoms with Crippen molar-refractivity contribution in [3.05, 3.63) is 23.9 Å². The Kier molecular flexibility index (Phi) is 10.5. The van der Waals surface area contributed by atoms with Crippen molar-refractivity contribution in [1.82, 2.24) is 20.7 Å². The molecule has 0 unspecified atom stereocenters. The molecule has 0 aromatic carbocycles. The fourth-order valence-electron chi connectivity index (χ4n) is 3.69. The number of hydrogen-bond donors (Lipinski definition) is 6. The standard InChI is InChI=1S/C21H40N8O2/c22-18(21(31)26-13-17-8-9-17)14-28(24)10-4-5-11-29(25)15-19(23)27-20(30)12-16-6-2-1-3-7-16/h14-17H,1-13,22-25H2,(H,26,31)(H,27,30)/b18-14-,19-15+. The lowest BCUT2D eigenvalue weighted by Gasteiger charge is -2.21. The van der Waals surface area contributed by atoms with Crippen LogP contribution in [0.15, 0.2) is 23.9 Å². The van der Waals surface area contributed by atoms with Gasteiger partial charge < -0.3 is 32.1 Å². The first-order valence-corrected chi connectivity index (χ1v) is 11.4. The minimum Gasteiger partial charge on any atom is -0.393 e. The Morgan fingerprint density at radius 3 is 2.10 bits per heavy atom. The third-order valence-corrected chi connectivity index (χ3v) is 5.69. The van der Waals surface area contributed by atoms with Gasteiger partial charge in [-0.3, -0.25) is 9.59 Å². The summed E-state index contributed by atoms with van der Waals surface area (Å²) in [5.41, 5.74) is 11.8. The summed E-state index contributed by atoms with van der Waals surface area (Å²) in [6.45, 7) is 1.75. The van der Waals surface area contributed by atoms with Crippen molar-refractivity contribution in [1.29, 1.82) is 0 Å². The summed E-state index contributed by atoms with van der Waals surface area (Å²) in [5, 5.41) is 8.37. The zero-order valence-electron chi connectivity index (χ0n) is 18.5. The van der Waals surface area contributed by atoms with E-state index in [1.165, 1.54) is 54.5 Å². The zero-order chi connectivity index (χ0) is 22.6. The van der Waals surface area contributed by atoms with Gasteiger partial charge in [0.05, 0.1) is 6.20 Å². The molecule has 2 saturated carbocycles. The Labute approximate surface area is 185 Å². The fraction of sp³-hybridized carbons (Fsp3) is 0.714. The van der Waals surface area contributed by atoms with Crippen molar-refractivity contribution in [2.75, 3.05) is 19.6 Å². The maximum absolute atomic E-state index is 12.1. The number of unbranched alkanes of at least 4 members (excludes halogenated alkanes) is 1. The van der Waals surface area contributed by atoms with Crippen molar-refractivity contribution in [2.45, 2.75) is 64.2 Å². The van der Waals surface area contributed by atoms with Crippen LogP contribution in [0.4, 0.5) is 0 Å². The van der Waals surface area contributed by atoms with E-state index in [0.717, 1.165) is 25.7 Å². The molecule has 2 rings (SSSR count). The smallest absolute Gasteiger partial charge is 0.268 e. The van der Waals surface area contributed by atoms with Crippen molar-refractivity contribution in [3.63, 3.8) is 0 Å². The second-order valence-corrected chi connectivity index (χ2v) is 8.76. The number of hydrogen-bond acceptors (Lipinski definition) is 8. The van der Waals surface area contributed by atoms with Gasteiger partial charge in [0.2, 0.25) is 5.91 Å². The lowest BCUT2D eigenvalue weighted by atomic mass is 9.87. The van der Waals surface area contributed by atoms with E-state index < -0.39 is 0 Å². The van der Waals surface area contributed by atoms with Crippen LogP contribution in [-0.4, -0.2) is 41.5 Å². The van der Waals surface area contributed by atoms with E-state index in [-0.39, 0.29) is 23.3 Å². The van der Waals surface area contributed by atoms with Crippen LogP contribution in [0.1, 0.15) is 64.2 Å². The molecule has 0 radical (unpaired) electrons. The molecule has 0 bridgehead atoms. The molecule has 176 valence electrons. The Morgan fingerprint density at radius 1 is 0.871 bits per heavy atom.